The third-order valence-electron chi connectivity index (χ3n) is 4.09. The zero-order valence-corrected chi connectivity index (χ0v) is 13.7. The number of nitro groups is 1. The number of aliphatic hydroxyl groups is 1. The minimum atomic E-state index is -0.838. The van der Waals surface area contributed by atoms with E-state index >= 15 is 0 Å². The highest BCUT2D eigenvalue weighted by atomic mass is 16.6. The summed E-state index contributed by atoms with van der Waals surface area (Å²) in [6.07, 6.45) is -0.517. The molecule has 0 aliphatic carbocycles. The average molecular weight is 362 g/mol. The lowest BCUT2D eigenvalue weighted by atomic mass is 10.2. The van der Waals surface area contributed by atoms with Crippen molar-refractivity contribution < 1.29 is 19.5 Å². The third-order valence-corrected chi connectivity index (χ3v) is 4.09. The van der Waals surface area contributed by atoms with Gasteiger partial charge in [0.05, 0.1) is 29.8 Å². The van der Waals surface area contributed by atoms with Crippen LogP contribution in [0, 0.1) is 10.1 Å². The average Bonchev–Trinajstić information content (AvgIpc) is 2.96. The molecule has 0 spiro atoms. The number of ether oxygens (including phenoxy) is 2. The second kappa shape index (κ2) is 7.60. The summed E-state index contributed by atoms with van der Waals surface area (Å²) in [6.45, 7) is 0.0403. The molecular formula is C16H18N4O6. The molecular weight excluding hydrogens is 344 g/mol. The Bertz CT molecular complexity index is 855. The number of hydrogen-bond donors (Lipinski definition) is 2. The Hall–Kier alpha value is -2.82. The fourth-order valence-corrected chi connectivity index (χ4v) is 2.78. The van der Waals surface area contributed by atoms with Gasteiger partial charge in [0.15, 0.2) is 0 Å². The lowest BCUT2D eigenvalue weighted by Gasteiger charge is -2.16. The minimum Gasteiger partial charge on any atom is -0.390 e. The van der Waals surface area contributed by atoms with Gasteiger partial charge in [-0.15, -0.1) is 0 Å². The Morgan fingerprint density at radius 1 is 1.42 bits per heavy atom. The molecule has 0 radical (unpaired) electrons. The highest BCUT2D eigenvalue weighted by Gasteiger charge is 2.35. The van der Waals surface area contributed by atoms with Gasteiger partial charge in [-0.05, 0) is 12.1 Å². The van der Waals surface area contributed by atoms with Crippen molar-refractivity contribution in [2.75, 3.05) is 12.3 Å². The molecule has 3 N–H and O–H groups in total. The van der Waals surface area contributed by atoms with Gasteiger partial charge in [-0.2, -0.15) is 4.98 Å². The van der Waals surface area contributed by atoms with Crippen LogP contribution in [0.3, 0.4) is 0 Å². The maximum absolute atomic E-state index is 11.9. The van der Waals surface area contributed by atoms with Crippen molar-refractivity contribution in [3.05, 3.63) is 62.7 Å². The lowest BCUT2D eigenvalue weighted by Crippen LogP contribution is -2.28. The molecule has 1 saturated heterocycles. The molecule has 138 valence electrons. The maximum atomic E-state index is 11.9. The minimum absolute atomic E-state index is 0.0117. The van der Waals surface area contributed by atoms with Gasteiger partial charge in [0.2, 0.25) is 0 Å². The quantitative estimate of drug-likeness (QED) is 0.562. The molecule has 0 bridgehead atoms. The van der Waals surface area contributed by atoms with Crippen LogP contribution in [0.15, 0.2) is 41.3 Å². The molecule has 0 amide bonds. The van der Waals surface area contributed by atoms with Crippen molar-refractivity contribution in [1.82, 2.24) is 9.55 Å². The fourth-order valence-electron chi connectivity index (χ4n) is 2.78. The van der Waals surface area contributed by atoms with Crippen molar-refractivity contribution in [3.8, 4) is 0 Å². The largest absolute Gasteiger partial charge is 0.390 e. The molecule has 26 heavy (non-hydrogen) atoms. The van der Waals surface area contributed by atoms with Crippen molar-refractivity contribution in [2.24, 2.45) is 0 Å². The van der Waals surface area contributed by atoms with Gasteiger partial charge in [-0.3, -0.25) is 14.7 Å². The van der Waals surface area contributed by atoms with Gasteiger partial charge in [0.1, 0.15) is 18.1 Å². The predicted molar refractivity (Wildman–Crippen MR) is 90.2 cm³/mol. The van der Waals surface area contributed by atoms with Crippen LogP contribution in [0.4, 0.5) is 11.5 Å². The van der Waals surface area contributed by atoms with Crippen molar-refractivity contribution in [3.63, 3.8) is 0 Å². The lowest BCUT2D eigenvalue weighted by molar-refractivity contribution is -0.386. The molecule has 10 heteroatoms. The number of benzene rings is 1. The number of nitro benzene ring substituents is 1. The topological polar surface area (TPSA) is 143 Å². The van der Waals surface area contributed by atoms with E-state index in [2.05, 4.69) is 4.98 Å². The molecule has 1 aromatic carbocycles. The Morgan fingerprint density at radius 2 is 2.19 bits per heavy atom. The Labute approximate surface area is 147 Å². The fraction of sp³-hybridized carbons (Fsp3) is 0.375. The number of para-hydroxylation sites is 1. The molecule has 1 aliphatic rings. The second-order valence-corrected chi connectivity index (χ2v) is 5.88. The number of nitrogen functional groups attached to an aromatic ring is 1. The summed E-state index contributed by atoms with van der Waals surface area (Å²) in [5.41, 5.74) is 5.29. The van der Waals surface area contributed by atoms with E-state index < -0.39 is 29.0 Å². The standard InChI is InChI=1S/C16H18N4O6/c17-14-5-6-19(16(22)18-14)15-7-12(21)13(26-15)9-25-8-10-3-1-2-4-11(10)20(23)24/h1-6,12-13,15,21H,7-9H2,(H2,17,18,22)/t12-,13+,15+/m0/s1. The number of rotatable bonds is 6. The Morgan fingerprint density at radius 3 is 2.92 bits per heavy atom. The van der Waals surface area contributed by atoms with Crippen LogP contribution in [0.2, 0.25) is 0 Å². The van der Waals surface area contributed by atoms with Gasteiger partial charge in [-0.1, -0.05) is 12.1 Å². The van der Waals surface area contributed by atoms with E-state index in [1.54, 1.807) is 18.2 Å². The van der Waals surface area contributed by atoms with E-state index in [1.165, 1.54) is 22.9 Å². The number of nitrogens with zero attached hydrogens (tertiary/aromatic N) is 3. The van der Waals surface area contributed by atoms with Gasteiger partial charge in [0.25, 0.3) is 5.69 Å². The van der Waals surface area contributed by atoms with Crippen molar-refractivity contribution >= 4 is 11.5 Å². The summed E-state index contributed by atoms with van der Waals surface area (Å²) in [6, 6.07) is 7.73. The van der Waals surface area contributed by atoms with Crippen LogP contribution < -0.4 is 11.4 Å². The van der Waals surface area contributed by atoms with Gasteiger partial charge in [-0.25, -0.2) is 4.79 Å². The molecule has 10 nitrogen and oxygen atoms in total. The molecule has 3 atom stereocenters. The smallest absolute Gasteiger partial charge is 0.351 e. The first-order valence-corrected chi connectivity index (χ1v) is 7.94. The molecule has 0 saturated carbocycles. The molecule has 1 aromatic heterocycles. The predicted octanol–water partition coefficient (Wildman–Crippen LogP) is 0.599. The Balaban J connectivity index is 1.60. The molecule has 2 aromatic rings. The van der Waals surface area contributed by atoms with E-state index in [0.29, 0.717) is 5.56 Å². The highest BCUT2D eigenvalue weighted by molar-refractivity contribution is 5.39. The van der Waals surface area contributed by atoms with Gasteiger partial charge in [0, 0.05) is 18.7 Å². The normalized spacial score (nSPS) is 22.4. The molecule has 1 aliphatic heterocycles. The zero-order valence-electron chi connectivity index (χ0n) is 13.7. The maximum Gasteiger partial charge on any atom is 0.351 e. The summed E-state index contributed by atoms with van der Waals surface area (Å²) in [5.74, 6) is 0.106. The molecule has 1 fully saturated rings. The molecule has 3 rings (SSSR count). The highest BCUT2D eigenvalue weighted by Crippen LogP contribution is 2.28. The zero-order chi connectivity index (χ0) is 18.7. The molecule has 0 unspecified atom stereocenters. The van der Waals surface area contributed by atoms with Crippen molar-refractivity contribution in [2.45, 2.75) is 31.5 Å². The monoisotopic (exact) mass is 362 g/mol. The Kier molecular flexibility index (Phi) is 5.26. The summed E-state index contributed by atoms with van der Waals surface area (Å²) < 4.78 is 12.4. The van der Waals surface area contributed by atoms with E-state index in [-0.39, 0.29) is 31.1 Å². The van der Waals surface area contributed by atoms with E-state index in [0.717, 1.165) is 0 Å². The molecule has 2 heterocycles. The summed E-state index contributed by atoms with van der Waals surface area (Å²) in [7, 11) is 0. The number of hydrogen-bond acceptors (Lipinski definition) is 8. The van der Waals surface area contributed by atoms with Crippen LogP contribution in [-0.4, -0.2) is 38.4 Å². The van der Waals surface area contributed by atoms with Gasteiger partial charge >= 0.3 is 5.69 Å². The van der Waals surface area contributed by atoms with Crippen LogP contribution in [-0.2, 0) is 16.1 Å². The number of anilines is 1. The summed E-state index contributed by atoms with van der Waals surface area (Å²) in [5, 5.41) is 21.1. The summed E-state index contributed by atoms with van der Waals surface area (Å²) in [4.78, 5) is 26.0. The second-order valence-electron chi connectivity index (χ2n) is 5.88. The van der Waals surface area contributed by atoms with E-state index in [4.69, 9.17) is 15.2 Å². The van der Waals surface area contributed by atoms with Crippen LogP contribution >= 0.6 is 0 Å². The number of aliphatic hydroxyl groups excluding tert-OH is 1. The first-order chi connectivity index (χ1) is 12.5. The van der Waals surface area contributed by atoms with Crippen LogP contribution in [0.1, 0.15) is 18.2 Å². The van der Waals surface area contributed by atoms with Gasteiger partial charge < -0.3 is 20.3 Å². The van der Waals surface area contributed by atoms with E-state index in [9.17, 15) is 20.0 Å². The number of aromatic nitrogens is 2. The third kappa shape index (κ3) is 3.87. The van der Waals surface area contributed by atoms with Crippen LogP contribution in [0.25, 0.3) is 0 Å². The van der Waals surface area contributed by atoms with E-state index in [1.807, 2.05) is 0 Å². The number of nitrogens with two attached hydrogens (primary N) is 1. The van der Waals surface area contributed by atoms with Crippen molar-refractivity contribution in [1.29, 1.82) is 0 Å². The summed E-state index contributed by atoms with van der Waals surface area (Å²) >= 11 is 0. The first-order valence-electron chi connectivity index (χ1n) is 7.94. The first kappa shape index (κ1) is 18.0. The SMILES string of the molecule is Nc1ccn([C@H]2C[C@H](O)[C@@H](COCc3ccccc3[N+](=O)[O-])O2)c(=O)n1. The van der Waals surface area contributed by atoms with Crippen LogP contribution in [0.5, 0.6) is 0 Å².